The van der Waals surface area contributed by atoms with Crippen molar-refractivity contribution in [3.8, 4) is 0 Å². The third-order valence-corrected chi connectivity index (χ3v) is 4.94. The first-order valence-electron chi connectivity index (χ1n) is 10.4. The minimum atomic E-state index is -4.68. The summed E-state index contributed by atoms with van der Waals surface area (Å²) in [6.45, 7) is 2.10. The van der Waals surface area contributed by atoms with Crippen LogP contribution >= 0.6 is 7.82 Å². The van der Waals surface area contributed by atoms with E-state index in [-0.39, 0.29) is 48.6 Å². The van der Waals surface area contributed by atoms with Gasteiger partial charge in [0.15, 0.2) is 0 Å². The molecule has 8 heteroatoms. The van der Waals surface area contributed by atoms with E-state index in [0.29, 0.717) is 6.42 Å². The van der Waals surface area contributed by atoms with Crippen molar-refractivity contribution in [1.29, 1.82) is 0 Å². The van der Waals surface area contributed by atoms with Crippen LogP contribution in [0.3, 0.4) is 0 Å². The van der Waals surface area contributed by atoms with Crippen molar-refractivity contribution in [3.05, 3.63) is 0 Å². The molecule has 0 aliphatic rings. The molecule has 2 N–H and O–H groups in total. The molecule has 0 aliphatic carbocycles. The number of phosphoric ester groups is 1. The summed E-state index contributed by atoms with van der Waals surface area (Å²) in [7, 11) is -4.68. The summed E-state index contributed by atoms with van der Waals surface area (Å²) in [5.41, 5.74) is 0. The maximum atomic E-state index is 11.5. The summed E-state index contributed by atoms with van der Waals surface area (Å²) < 4.78 is 14.5. The Bertz CT molecular complexity index is 379. The molecule has 0 aromatic heterocycles. The maximum Gasteiger partial charge on any atom is 1.00 e. The SMILES string of the molecule is CCCCCCCCCCCCCCCCC(=O)NCCOP(=O)([O-])O.[Na+]. The van der Waals surface area contributed by atoms with Gasteiger partial charge in [-0.2, -0.15) is 0 Å². The van der Waals surface area contributed by atoms with Gasteiger partial charge in [0.05, 0.1) is 6.61 Å². The summed E-state index contributed by atoms with van der Waals surface area (Å²) >= 11 is 0. The molecule has 0 heterocycles. The predicted molar refractivity (Wildman–Crippen MR) is 104 cm³/mol. The van der Waals surface area contributed by atoms with E-state index in [2.05, 4.69) is 16.8 Å². The van der Waals surface area contributed by atoms with Gasteiger partial charge in [0.1, 0.15) is 0 Å². The maximum absolute atomic E-state index is 11.5. The number of carbonyl (C=O) groups is 1. The Morgan fingerprint density at radius 2 is 1.30 bits per heavy atom. The van der Waals surface area contributed by atoms with Crippen LogP contribution in [0, 0.1) is 0 Å². The number of amides is 1. The van der Waals surface area contributed by atoms with Crippen molar-refractivity contribution < 1.29 is 53.2 Å². The molecule has 0 fully saturated rings. The third-order valence-electron chi connectivity index (χ3n) is 4.44. The smallest absolute Gasteiger partial charge is 0.756 e. The first-order chi connectivity index (χ1) is 12.5. The number of nitrogens with one attached hydrogen (secondary N) is 1. The van der Waals surface area contributed by atoms with Crippen molar-refractivity contribution >= 4 is 13.7 Å². The van der Waals surface area contributed by atoms with Crippen molar-refractivity contribution in [1.82, 2.24) is 5.32 Å². The third kappa shape index (κ3) is 26.6. The Labute approximate surface area is 188 Å². The molecule has 0 bridgehead atoms. The molecule has 0 aliphatic heterocycles. The molecule has 0 spiro atoms. The fraction of sp³-hybridized carbons (Fsp3) is 0.947. The average Bonchev–Trinajstić information content (AvgIpc) is 2.58. The number of hydrogen-bond acceptors (Lipinski definition) is 4. The minimum absolute atomic E-state index is 0. The standard InChI is InChI=1S/C19H40NO5P.Na/c1-2-3-4-5-6-7-8-9-10-11-12-13-14-15-16-19(21)20-17-18-25-26(22,23)24;/h2-18H2,1H3,(H,20,21)(H2,22,23,24);/q;+1/p-1. The van der Waals surface area contributed by atoms with E-state index in [4.69, 9.17) is 4.89 Å². The van der Waals surface area contributed by atoms with E-state index in [1.54, 1.807) is 0 Å². The van der Waals surface area contributed by atoms with Crippen molar-refractivity contribution in [2.45, 2.75) is 103 Å². The number of carbonyl (C=O) groups excluding carboxylic acids is 1. The Morgan fingerprint density at radius 1 is 0.889 bits per heavy atom. The molecule has 6 nitrogen and oxygen atoms in total. The fourth-order valence-corrected chi connectivity index (χ4v) is 3.24. The van der Waals surface area contributed by atoms with Crippen molar-refractivity contribution in [3.63, 3.8) is 0 Å². The molecule has 1 atom stereocenters. The van der Waals surface area contributed by atoms with Gasteiger partial charge in [0, 0.05) is 13.0 Å². The molecule has 156 valence electrons. The van der Waals surface area contributed by atoms with E-state index >= 15 is 0 Å². The van der Waals surface area contributed by atoms with Crippen LogP contribution < -0.4 is 39.8 Å². The summed E-state index contributed by atoms with van der Waals surface area (Å²) in [4.78, 5) is 30.2. The van der Waals surface area contributed by atoms with E-state index < -0.39 is 7.82 Å². The van der Waals surface area contributed by atoms with E-state index in [0.717, 1.165) is 19.3 Å². The predicted octanol–water partition coefficient (Wildman–Crippen LogP) is 1.46. The zero-order valence-electron chi connectivity index (χ0n) is 17.5. The monoisotopic (exact) mass is 415 g/mol. The van der Waals surface area contributed by atoms with E-state index in [1.165, 1.54) is 70.6 Å². The van der Waals surface area contributed by atoms with Crippen LogP contribution in [0.25, 0.3) is 0 Å². The van der Waals surface area contributed by atoms with Crippen LogP contribution in [-0.2, 0) is 13.9 Å². The summed E-state index contributed by atoms with van der Waals surface area (Å²) in [6.07, 6.45) is 18.3. The average molecular weight is 415 g/mol. The van der Waals surface area contributed by atoms with Crippen LogP contribution in [0.2, 0.25) is 0 Å². The Hall–Kier alpha value is 0.580. The van der Waals surface area contributed by atoms with E-state index in [9.17, 15) is 14.3 Å². The zero-order chi connectivity index (χ0) is 19.5. The zero-order valence-corrected chi connectivity index (χ0v) is 20.4. The summed E-state index contributed by atoms with van der Waals surface area (Å²) in [5, 5.41) is 2.57. The second-order valence-electron chi connectivity index (χ2n) is 7.00. The molecule has 27 heavy (non-hydrogen) atoms. The van der Waals surface area contributed by atoms with Gasteiger partial charge in [-0.1, -0.05) is 90.4 Å². The normalized spacial score (nSPS) is 13.0. The molecule has 0 rings (SSSR count). The first kappa shape index (κ1) is 29.8. The topological polar surface area (TPSA) is 98.7 Å². The number of rotatable bonds is 19. The Balaban J connectivity index is 0. The van der Waals surface area contributed by atoms with Crippen LogP contribution in [0.1, 0.15) is 103 Å². The summed E-state index contributed by atoms with van der Waals surface area (Å²) in [6, 6.07) is 0. The van der Waals surface area contributed by atoms with Gasteiger partial charge < -0.3 is 19.6 Å². The van der Waals surface area contributed by atoms with Gasteiger partial charge >= 0.3 is 29.6 Å². The van der Waals surface area contributed by atoms with Gasteiger partial charge in [0.2, 0.25) is 5.91 Å². The van der Waals surface area contributed by atoms with Gasteiger partial charge in [-0.3, -0.25) is 9.36 Å². The minimum Gasteiger partial charge on any atom is -0.756 e. The van der Waals surface area contributed by atoms with Crippen LogP contribution in [0.15, 0.2) is 0 Å². The van der Waals surface area contributed by atoms with Crippen molar-refractivity contribution in [2.75, 3.05) is 13.2 Å². The summed E-state index contributed by atoms with van der Waals surface area (Å²) in [5.74, 6) is -0.105. The van der Waals surface area contributed by atoms with Gasteiger partial charge in [0.25, 0.3) is 7.82 Å². The number of hydrogen-bond donors (Lipinski definition) is 2. The van der Waals surface area contributed by atoms with Crippen LogP contribution in [0.4, 0.5) is 0 Å². The molecule has 0 saturated heterocycles. The molecule has 0 aromatic rings. The van der Waals surface area contributed by atoms with Gasteiger partial charge in [-0.15, -0.1) is 0 Å². The second-order valence-corrected chi connectivity index (χ2v) is 8.19. The second kappa shape index (κ2) is 21.3. The molecular formula is C19H39NNaO5P. The van der Waals surface area contributed by atoms with Gasteiger partial charge in [-0.05, 0) is 6.42 Å². The number of phosphoric acid groups is 1. The Morgan fingerprint density at radius 3 is 1.70 bits per heavy atom. The van der Waals surface area contributed by atoms with Gasteiger partial charge in [-0.25, -0.2) is 0 Å². The molecule has 0 radical (unpaired) electrons. The quantitative estimate of drug-likeness (QED) is 0.189. The molecule has 1 unspecified atom stereocenters. The molecule has 0 aromatic carbocycles. The van der Waals surface area contributed by atoms with Crippen LogP contribution in [-0.4, -0.2) is 24.0 Å². The van der Waals surface area contributed by atoms with Crippen molar-refractivity contribution in [2.24, 2.45) is 0 Å². The largest absolute Gasteiger partial charge is 1.00 e. The fourth-order valence-electron chi connectivity index (χ4n) is 2.92. The first-order valence-corrected chi connectivity index (χ1v) is 11.9. The number of unbranched alkanes of at least 4 members (excludes halogenated alkanes) is 13. The molecule has 1 amide bonds. The molecular weight excluding hydrogens is 376 g/mol. The molecule has 0 saturated carbocycles. The van der Waals surface area contributed by atoms with Crippen LogP contribution in [0.5, 0.6) is 0 Å². The Kier molecular flexibility index (Phi) is 23.5. The van der Waals surface area contributed by atoms with E-state index in [1.807, 2.05) is 0 Å².